The van der Waals surface area contributed by atoms with Crippen LogP contribution in [-0.4, -0.2) is 42.4 Å². The molecule has 0 aliphatic carbocycles. The van der Waals surface area contributed by atoms with Crippen molar-refractivity contribution in [1.82, 2.24) is 9.97 Å². The molecular formula is C17H15F6N3O3. The Balaban J connectivity index is 2.41. The Morgan fingerprint density at radius 1 is 1.10 bits per heavy atom. The first-order valence-electron chi connectivity index (χ1n) is 8.06. The average molecular weight is 423 g/mol. The van der Waals surface area contributed by atoms with Gasteiger partial charge in [0.15, 0.2) is 6.61 Å². The zero-order valence-corrected chi connectivity index (χ0v) is 15.1. The van der Waals surface area contributed by atoms with E-state index in [9.17, 15) is 31.1 Å². The monoisotopic (exact) mass is 423 g/mol. The van der Waals surface area contributed by atoms with Crippen LogP contribution in [0, 0.1) is 0 Å². The summed E-state index contributed by atoms with van der Waals surface area (Å²) in [6.07, 6.45) is -9.49. The van der Waals surface area contributed by atoms with E-state index >= 15 is 0 Å². The van der Waals surface area contributed by atoms with Crippen LogP contribution in [0.1, 0.15) is 22.8 Å². The van der Waals surface area contributed by atoms with Gasteiger partial charge < -0.3 is 14.4 Å². The van der Waals surface area contributed by atoms with Crippen LogP contribution in [0.2, 0.25) is 0 Å². The first kappa shape index (κ1) is 22.2. The van der Waals surface area contributed by atoms with Crippen molar-refractivity contribution in [3.8, 4) is 5.88 Å². The van der Waals surface area contributed by atoms with Crippen molar-refractivity contribution in [2.45, 2.75) is 19.3 Å². The molecule has 29 heavy (non-hydrogen) atoms. The highest BCUT2D eigenvalue weighted by Crippen LogP contribution is 2.36. The largest absolute Gasteiger partial charge is 0.467 e. The first-order chi connectivity index (χ1) is 13.5. The third-order valence-corrected chi connectivity index (χ3v) is 3.58. The number of rotatable bonds is 6. The summed E-state index contributed by atoms with van der Waals surface area (Å²) in [5.74, 6) is -2.12. The van der Waals surface area contributed by atoms with Gasteiger partial charge in [0.25, 0.3) is 0 Å². The van der Waals surface area contributed by atoms with E-state index < -0.39 is 36.4 Å². The fourth-order valence-electron chi connectivity index (χ4n) is 2.28. The molecule has 2 aromatic rings. The topological polar surface area (TPSA) is 64.6 Å². The summed E-state index contributed by atoms with van der Waals surface area (Å²) in [6.45, 7) is -0.139. The molecule has 158 valence electrons. The summed E-state index contributed by atoms with van der Waals surface area (Å²) >= 11 is 0. The molecule has 2 rings (SSSR count). The smallest absolute Gasteiger partial charge is 0.423 e. The van der Waals surface area contributed by atoms with E-state index in [2.05, 4.69) is 19.4 Å². The van der Waals surface area contributed by atoms with Gasteiger partial charge in [0, 0.05) is 18.4 Å². The van der Waals surface area contributed by atoms with Gasteiger partial charge >= 0.3 is 18.3 Å². The van der Waals surface area contributed by atoms with Crippen LogP contribution in [0.5, 0.6) is 5.88 Å². The molecule has 12 heteroatoms. The van der Waals surface area contributed by atoms with Crippen molar-refractivity contribution < 1.29 is 40.6 Å². The summed E-state index contributed by atoms with van der Waals surface area (Å²) in [7, 11) is 1.20. The van der Waals surface area contributed by atoms with Crippen molar-refractivity contribution >= 4 is 17.6 Å². The van der Waals surface area contributed by atoms with Crippen LogP contribution in [0.15, 0.2) is 30.5 Å². The zero-order chi connectivity index (χ0) is 21.8. The molecule has 0 amide bonds. The number of hydrogen-bond donors (Lipinski definition) is 0. The molecule has 0 fully saturated rings. The molecule has 1 aromatic carbocycles. The quantitative estimate of drug-likeness (QED) is 0.508. The number of aromatic nitrogens is 2. The van der Waals surface area contributed by atoms with Gasteiger partial charge in [-0.2, -0.15) is 31.3 Å². The van der Waals surface area contributed by atoms with Crippen molar-refractivity contribution in [3.05, 3.63) is 41.6 Å². The third-order valence-electron chi connectivity index (χ3n) is 3.58. The number of esters is 1. The summed E-state index contributed by atoms with van der Waals surface area (Å²) in [5, 5.41) is 0. The van der Waals surface area contributed by atoms with Crippen molar-refractivity contribution in [2.75, 3.05) is 25.2 Å². The molecule has 0 atom stereocenters. The van der Waals surface area contributed by atoms with E-state index in [0.717, 1.165) is 0 Å². The van der Waals surface area contributed by atoms with Crippen LogP contribution < -0.4 is 9.64 Å². The molecule has 0 bridgehead atoms. The van der Waals surface area contributed by atoms with Gasteiger partial charge in [0.1, 0.15) is 5.56 Å². The lowest BCUT2D eigenvalue weighted by Gasteiger charge is -2.22. The minimum Gasteiger partial charge on any atom is -0.467 e. The van der Waals surface area contributed by atoms with E-state index in [4.69, 9.17) is 0 Å². The number of anilines is 2. The van der Waals surface area contributed by atoms with Gasteiger partial charge in [-0.3, -0.25) is 0 Å². The van der Waals surface area contributed by atoms with E-state index in [1.165, 1.54) is 36.3 Å². The second-order valence-electron chi connectivity index (χ2n) is 5.57. The van der Waals surface area contributed by atoms with Crippen molar-refractivity contribution in [3.63, 3.8) is 0 Å². The molecule has 1 heterocycles. The number of nitrogens with zero attached hydrogens (tertiary/aromatic N) is 3. The van der Waals surface area contributed by atoms with Crippen LogP contribution in [0.25, 0.3) is 0 Å². The molecule has 0 spiro atoms. The van der Waals surface area contributed by atoms with E-state index in [0.29, 0.717) is 11.9 Å². The minimum atomic E-state index is -5.00. The minimum absolute atomic E-state index is 0.168. The number of halogens is 6. The summed E-state index contributed by atoms with van der Waals surface area (Å²) in [6, 6.07) is 5.75. The maximum atomic E-state index is 13.1. The number of hydrogen-bond acceptors (Lipinski definition) is 6. The molecule has 0 aliphatic rings. The molecule has 0 N–H and O–H groups in total. The zero-order valence-electron chi connectivity index (χ0n) is 15.1. The number of benzene rings is 1. The average Bonchev–Trinajstić information content (AvgIpc) is 2.65. The van der Waals surface area contributed by atoms with E-state index in [1.807, 2.05) is 0 Å². The Kier molecular flexibility index (Phi) is 6.55. The van der Waals surface area contributed by atoms with Gasteiger partial charge in [-0.1, -0.05) is 0 Å². The fraction of sp³-hybridized carbons (Fsp3) is 0.353. The Morgan fingerprint density at radius 3 is 2.21 bits per heavy atom. The standard InChI is InChI=1S/C17H15F6N3O3/c1-3-26(11-6-4-10(5-7-11)14(27)28-2)15-24-8-12(17(21,22)23)13(25-15)29-9-16(18,19)20/h4-8H,3,9H2,1-2H3. The Morgan fingerprint density at radius 2 is 1.72 bits per heavy atom. The number of methoxy groups -OCH3 is 1. The number of alkyl halides is 6. The molecule has 0 aliphatic heterocycles. The van der Waals surface area contributed by atoms with Gasteiger partial charge in [-0.25, -0.2) is 9.78 Å². The van der Waals surface area contributed by atoms with Crippen LogP contribution in [-0.2, 0) is 10.9 Å². The molecule has 0 saturated heterocycles. The van der Waals surface area contributed by atoms with E-state index in [1.54, 1.807) is 6.92 Å². The highest BCUT2D eigenvalue weighted by atomic mass is 19.4. The Bertz CT molecular complexity index is 853. The van der Waals surface area contributed by atoms with Crippen molar-refractivity contribution in [2.24, 2.45) is 0 Å². The number of ether oxygens (including phenoxy) is 2. The lowest BCUT2D eigenvalue weighted by Crippen LogP contribution is -2.24. The van der Waals surface area contributed by atoms with Gasteiger partial charge in [0.2, 0.25) is 11.8 Å². The summed E-state index contributed by atoms with van der Waals surface area (Å²) in [5.41, 5.74) is -0.904. The lowest BCUT2D eigenvalue weighted by atomic mass is 10.2. The second-order valence-corrected chi connectivity index (χ2v) is 5.57. The van der Waals surface area contributed by atoms with Crippen LogP contribution >= 0.6 is 0 Å². The fourth-order valence-corrected chi connectivity index (χ4v) is 2.28. The maximum absolute atomic E-state index is 13.1. The third kappa shape index (κ3) is 5.72. The molecule has 0 unspecified atom stereocenters. The van der Waals surface area contributed by atoms with E-state index in [-0.39, 0.29) is 18.1 Å². The summed E-state index contributed by atoms with van der Waals surface area (Å²) in [4.78, 5) is 20.0. The number of carbonyl (C=O) groups excluding carboxylic acids is 1. The van der Waals surface area contributed by atoms with Crippen LogP contribution in [0.3, 0.4) is 0 Å². The SMILES string of the molecule is CCN(c1ccc(C(=O)OC)cc1)c1ncc(C(F)(F)F)c(OCC(F)(F)F)n1. The Hall–Kier alpha value is -3.05. The predicted molar refractivity (Wildman–Crippen MR) is 89.0 cm³/mol. The highest BCUT2D eigenvalue weighted by molar-refractivity contribution is 5.89. The lowest BCUT2D eigenvalue weighted by molar-refractivity contribution is -0.159. The second kappa shape index (κ2) is 8.53. The molecule has 6 nitrogen and oxygen atoms in total. The van der Waals surface area contributed by atoms with Crippen LogP contribution in [0.4, 0.5) is 38.0 Å². The van der Waals surface area contributed by atoms with Gasteiger partial charge in [-0.15, -0.1) is 0 Å². The number of carbonyl (C=O) groups is 1. The van der Waals surface area contributed by atoms with Gasteiger partial charge in [-0.05, 0) is 31.2 Å². The van der Waals surface area contributed by atoms with Gasteiger partial charge in [0.05, 0.1) is 12.7 Å². The first-order valence-corrected chi connectivity index (χ1v) is 8.06. The normalized spacial score (nSPS) is 11.9. The Labute approximate surface area is 161 Å². The maximum Gasteiger partial charge on any atom is 0.423 e. The molecular weight excluding hydrogens is 408 g/mol. The molecule has 0 radical (unpaired) electrons. The van der Waals surface area contributed by atoms with Crippen molar-refractivity contribution in [1.29, 1.82) is 0 Å². The molecule has 0 saturated carbocycles. The molecule has 1 aromatic heterocycles. The summed E-state index contributed by atoms with van der Waals surface area (Å²) < 4.78 is 85.2. The highest BCUT2D eigenvalue weighted by Gasteiger charge is 2.38. The predicted octanol–water partition coefficient (Wildman–Crippen LogP) is 4.38.